The third-order valence-corrected chi connectivity index (χ3v) is 15.4. The fourth-order valence-electron chi connectivity index (χ4n) is 12.1. The fourth-order valence-corrected chi connectivity index (χ4v) is 13.1. The van der Waals surface area contributed by atoms with Crippen molar-refractivity contribution in [3.8, 4) is 0 Å². The molecule has 300 valence electrons. The third kappa shape index (κ3) is 8.74. The smallest absolute Gasteiger partial charge is 0.302 e. The Bertz CT molecular complexity index is 1780. The molecule has 0 radical (unpaired) electrons. The maximum absolute atomic E-state index is 12.8. The Hall–Kier alpha value is -2.47. The SMILES string of the molecule is CC(=O)O[C@H]1CC2C(C3CC[C@H](C(C)CCCN(C)CCCNc4ccnc5cc(Cl)ccc45)[C@]31C)[C@H](OC(C)=O)C[C@@H]1C[C@H](NS(C)(=O)=O)CC[C@]21C. The number of carbonyl (C=O) groups excluding carboxylic acids is 2. The van der Waals surface area contributed by atoms with Gasteiger partial charge in [0.25, 0.3) is 0 Å². The zero-order chi connectivity index (χ0) is 39.0. The van der Waals surface area contributed by atoms with Crippen LogP contribution in [0.1, 0.15) is 98.8 Å². The van der Waals surface area contributed by atoms with Crippen LogP contribution in [-0.2, 0) is 29.1 Å². The van der Waals surface area contributed by atoms with Crippen molar-refractivity contribution in [1.82, 2.24) is 14.6 Å². The van der Waals surface area contributed by atoms with Crippen molar-refractivity contribution in [2.75, 3.05) is 38.3 Å². The van der Waals surface area contributed by atoms with Crippen molar-refractivity contribution in [3.05, 3.63) is 35.5 Å². The summed E-state index contributed by atoms with van der Waals surface area (Å²) in [7, 11) is -1.13. The molecule has 11 atom stereocenters. The summed E-state index contributed by atoms with van der Waals surface area (Å²) in [6.45, 7) is 13.1. The molecule has 4 saturated carbocycles. The molecule has 1 aromatic heterocycles. The summed E-state index contributed by atoms with van der Waals surface area (Å²) in [5.41, 5.74) is 1.69. The van der Waals surface area contributed by atoms with Crippen molar-refractivity contribution in [2.45, 2.75) is 117 Å². The van der Waals surface area contributed by atoms with Crippen molar-refractivity contribution in [1.29, 1.82) is 0 Å². The van der Waals surface area contributed by atoms with Gasteiger partial charge in [0, 0.05) is 60.1 Å². The number of esters is 2. The second-order valence-electron chi connectivity index (χ2n) is 17.8. The minimum Gasteiger partial charge on any atom is -0.462 e. The summed E-state index contributed by atoms with van der Waals surface area (Å²) in [5, 5.41) is 5.35. The minimum absolute atomic E-state index is 0.0546. The number of nitrogens with one attached hydrogen (secondary N) is 2. The van der Waals surface area contributed by atoms with Gasteiger partial charge in [-0.05, 0) is 144 Å². The van der Waals surface area contributed by atoms with Crippen molar-refractivity contribution in [2.24, 2.45) is 46.3 Å². The number of fused-ring (bicyclic) bond motifs is 6. The normalized spacial score (nSPS) is 34.1. The van der Waals surface area contributed by atoms with Crippen molar-refractivity contribution >= 4 is 50.2 Å². The summed E-state index contributed by atoms with van der Waals surface area (Å²) >= 11 is 6.17. The number of hydrogen-bond acceptors (Lipinski definition) is 9. The standard InChI is InChI=1S/C42H63ClN4O6S/c1-26(10-8-20-47(6)21-9-18-44-36-16-19-45-37-24-30(43)11-12-32(36)37)33-13-14-34-40-35(25-39(42(33,34)5)53-28(3)49)41(4)17-15-31(46-54(7,50)51)22-29(41)23-38(40)52-27(2)48/h11-12,16,19,24,26,29,31,33-35,38-40,46H,8-10,13-15,17-18,20-23,25H2,1-7H3,(H,44,45)/t26?,29-,31+,33+,34?,35?,38+,39-,40?,41-,42+/m0/s1. The summed E-state index contributed by atoms with van der Waals surface area (Å²) in [5.74, 6) is 1.24. The van der Waals surface area contributed by atoms with Crippen LogP contribution in [0.3, 0.4) is 0 Å². The Labute approximate surface area is 328 Å². The zero-order valence-electron chi connectivity index (χ0n) is 33.4. The number of carbonyl (C=O) groups is 2. The molecule has 10 nitrogen and oxygen atoms in total. The Morgan fingerprint density at radius 2 is 1.76 bits per heavy atom. The molecule has 2 N–H and O–H groups in total. The fraction of sp³-hybridized carbons (Fsp3) is 0.738. The van der Waals surface area contributed by atoms with E-state index >= 15 is 0 Å². The van der Waals surface area contributed by atoms with E-state index in [1.807, 2.05) is 30.5 Å². The van der Waals surface area contributed by atoms with E-state index in [0.29, 0.717) is 16.9 Å². The molecule has 4 aliphatic carbocycles. The molecule has 4 aliphatic rings. The molecule has 6 rings (SSSR count). The summed E-state index contributed by atoms with van der Waals surface area (Å²) in [4.78, 5) is 32.2. The van der Waals surface area contributed by atoms with E-state index in [4.69, 9.17) is 21.1 Å². The number of benzene rings is 1. The third-order valence-electron chi connectivity index (χ3n) is 14.4. The van der Waals surface area contributed by atoms with Gasteiger partial charge in [-0.25, -0.2) is 13.1 Å². The average molecular weight is 788 g/mol. The van der Waals surface area contributed by atoms with Crippen LogP contribution in [0.2, 0.25) is 5.02 Å². The maximum atomic E-state index is 12.8. The molecule has 0 spiro atoms. The first-order valence-electron chi connectivity index (χ1n) is 20.3. The molecular formula is C42H63ClN4O6S. The molecule has 0 aliphatic heterocycles. The number of ether oxygens (including phenoxy) is 2. The van der Waals surface area contributed by atoms with Crippen molar-refractivity contribution < 1.29 is 27.5 Å². The van der Waals surface area contributed by atoms with Crippen LogP contribution in [0.5, 0.6) is 0 Å². The lowest BCUT2D eigenvalue weighted by Gasteiger charge is -2.64. The Morgan fingerprint density at radius 3 is 2.48 bits per heavy atom. The second-order valence-corrected chi connectivity index (χ2v) is 20.1. The van der Waals surface area contributed by atoms with Gasteiger partial charge in [-0.3, -0.25) is 14.6 Å². The van der Waals surface area contributed by atoms with Gasteiger partial charge < -0.3 is 19.7 Å². The summed E-state index contributed by atoms with van der Waals surface area (Å²) in [6, 6.07) is 7.71. The van der Waals surface area contributed by atoms with Gasteiger partial charge in [0.1, 0.15) is 12.2 Å². The van der Waals surface area contributed by atoms with E-state index in [0.717, 1.165) is 100 Å². The average Bonchev–Trinajstić information content (AvgIpc) is 3.44. The van der Waals surface area contributed by atoms with E-state index in [-0.39, 0.29) is 64.7 Å². The van der Waals surface area contributed by atoms with E-state index in [1.54, 1.807) is 0 Å². The highest BCUT2D eigenvalue weighted by Gasteiger charge is 2.67. The molecule has 4 fully saturated rings. The molecule has 0 bridgehead atoms. The molecule has 1 heterocycles. The van der Waals surface area contributed by atoms with Gasteiger partial charge in [0.15, 0.2) is 0 Å². The van der Waals surface area contributed by atoms with Crippen LogP contribution in [0, 0.1) is 46.3 Å². The molecule has 4 unspecified atom stereocenters. The zero-order valence-corrected chi connectivity index (χ0v) is 35.0. The number of aromatic nitrogens is 1. The van der Waals surface area contributed by atoms with E-state index in [1.165, 1.54) is 20.1 Å². The Morgan fingerprint density at radius 1 is 1.02 bits per heavy atom. The first-order chi connectivity index (χ1) is 25.5. The molecule has 54 heavy (non-hydrogen) atoms. The number of nitrogens with zero attached hydrogens (tertiary/aromatic N) is 2. The predicted octanol–water partition coefficient (Wildman–Crippen LogP) is 7.70. The van der Waals surface area contributed by atoms with Gasteiger partial charge in [0.2, 0.25) is 10.0 Å². The lowest BCUT2D eigenvalue weighted by atomic mass is 9.43. The molecule has 0 amide bonds. The van der Waals surface area contributed by atoms with Crippen LogP contribution >= 0.6 is 11.6 Å². The number of pyridine rings is 1. The Kier molecular flexibility index (Phi) is 12.6. The number of anilines is 1. The van der Waals surface area contributed by atoms with Crippen LogP contribution in [0.15, 0.2) is 30.5 Å². The highest BCUT2D eigenvalue weighted by atomic mass is 35.5. The molecule has 0 saturated heterocycles. The monoisotopic (exact) mass is 786 g/mol. The van der Waals surface area contributed by atoms with E-state index in [9.17, 15) is 18.0 Å². The van der Waals surface area contributed by atoms with Gasteiger partial charge >= 0.3 is 11.9 Å². The van der Waals surface area contributed by atoms with Crippen LogP contribution in [-0.4, -0.2) is 81.4 Å². The van der Waals surface area contributed by atoms with Crippen molar-refractivity contribution in [3.63, 3.8) is 0 Å². The van der Waals surface area contributed by atoms with E-state index in [2.05, 4.69) is 47.7 Å². The number of sulfonamides is 1. The molecular weight excluding hydrogens is 724 g/mol. The quantitative estimate of drug-likeness (QED) is 0.146. The van der Waals surface area contributed by atoms with Gasteiger partial charge in [-0.15, -0.1) is 0 Å². The Balaban J connectivity index is 1.09. The molecule has 12 heteroatoms. The highest BCUT2D eigenvalue weighted by molar-refractivity contribution is 7.88. The van der Waals surface area contributed by atoms with Crippen LogP contribution in [0.25, 0.3) is 10.9 Å². The van der Waals surface area contributed by atoms with Gasteiger partial charge in [-0.2, -0.15) is 0 Å². The van der Waals surface area contributed by atoms with E-state index < -0.39 is 10.0 Å². The summed E-state index contributed by atoms with van der Waals surface area (Å²) in [6.07, 6.45) is 11.9. The molecule has 1 aromatic carbocycles. The first-order valence-corrected chi connectivity index (χ1v) is 22.5. The van der Waals surface area contributed by atoms with Gasteiger partial charge in [-0.1, -0.05) is 32.4 Å². The number of hydrogen-bond donors (Lipinski definition) is 2. The minimum atomic E-state index is -3.33. The lowest BCUT2D eigenvalue weighted by molar-refractivity contribution is -0.220. The summed E-state index contributed by atoms with van der Waals surface area (Å²) < 4.78 is 39.8. The predicted molar refractivity (Wildman–Crippen MR) is 215 cm³/mol. The second kappa shape index (κ2) is 16.6. The van der Waals surface area contributed by atoms with Crippen LogP contribution in [0.4, 0.5) is 5.69 Å². The highest BCUT2D eigenvalue weighted by Crippen LogP contribution is 2.69. The topological polar surface area (TPSA) is 127 Å². The van der Waals surface area contributed by atoms with Gasteiger partial charge in [0.05, 0.1) is 11.8 Å². The maximum Gasteiger partial charge on any atom is 0.302 e. The largest absolute Gasteiger partial charge is 0.462 e. The lowest BCUT2D eigenvalue weighted by Crippen LogP contribution is -2.64. The van der Waals surface area contributed by atoms with Crippen LogP contribution < -0.4 is 10.0 Å². The molecule has 2 aromatic rings. The number of halogens is 1. The first kappa shape index (κ1) is 41.2. The number of rotatable bonds is 14.